The van der Waals surface area contributed by atoms with E-state index >= 15 is 0 Å². The lowest BCUT2D eigenvalue weighted by molar-refractivity contribution is -0.167. The molecule has 0 aliphatic heterocycles. The molecule has 0 bridgehead atoms. The molecule has 0 radical (unpaired) electrons. The molecule has 0 rings (SSSR count). The maximum atomic E-state index is 12.6. The molecule has 0 heterocycles. The Bertz CT molecular complexity index is 706. The molecule has 0 aliphatic carbocycles. The van der Waals surface area contributed by atoms with E-state index in [1.807, 2.05) is 0 Å². The Morgan fingerprint density at radius 3 is 1.24 bits per heavy atom. The van der Waals surface area contributed by atoms with Gasteiger partial charge in [0.05, 0.1) is 0 Å². The number of unbranched alkanes of at least 4 members (excludes halogenated alkanes) is 18. The lowest BCUT2D eigenvalue weighted by Gasteiger charge is -2.18. The van der Waals surface area contributed by atoms with Gasteiger partial charge in [-0.1, -0.05) is 169 Å². The highest BCUT2D eigenvalue weighted by Gasteiger charge is 2.19. The first-order valence-electron chi connectivity index (χ1n) is 19.8. The first-order chi connectivity index (χ1) is 22.3. The molecule has 46 heavy (non-hydrogen) atoms. The average Bonchev–Trinajstić information content (AvgIpc) is 3.03. The van der Waals surface area contributed by atoms with E-state index in [-0.39, 0.29) is 31.1 Å². The van der Waals surface area contributed by atoms with Crippen LogP contribution in [0.3, 0.4) is 0 Å². The highest BCUT2D eigenvalue weighted by Crippen LogP contribution is 2.16. The van der Waals surface area contributed by atoms with Crippen LogP contribution in [0.5, 0.6) is 0 Å². The molecule has 0 amide bonds. The lowest BCUT2D eigenvalue weighted by atomic mass is 9.99. The van der Waals surface area contributed by atoms with Crippen molar-refractivity contribution in [3.05, 3.63) is 0 Å². The predicted octanol–water partition coefficient (Wildman–Crippen LogP) is 11.8. The van der Waals surface area contributed by atoms with Gasteiger partial charge in [0.2, 0.25) is 0 Å². The second-order valence-electron chi connectivity index (χ2n) is 14.3. The third-order valence-electron chi connectivity index (χ3n) is 9.08. The van der Waals surface area contributed by atoms with E-state index in [9.17, 15) is 14.4 Å². The van der Waals surface area contributed by atoms with Gasteiger partial charge in [0.15, 0.2) is 6.10 Å². The number of rotatable bonds is 34. The SMILES string of the molecule is CCCCCCCC(=O)OC[C@H](COC(=O)CCCCCCCCC(C)C)OC(=O)CCCCCCCCCCCCC(C)CC. The summed E-state index contributed by atoms with van der Waals surface area (Å²) in [5, 5.41) is 0. The van der Waals surface area contributed by atoms with Crippen LogP contribution in [0.25, 0.3) is 0 Å². The fraction of sp³-hybridized carbons (Fsp3) is 0.925. The van der Waals surface area contributed by atoms with Crippen LogP contribution in [-0.4, -0.2) is 37.2 Å². The van der Waals surface area contributed by atoms with Crippen molar-refractivity contribution >= 4 is 17.9 Å². The Kier molecular flexibility index (Phi) is 32.2. The monoisotopic (exact) mass is 653 g/mol. The molecule has 1 unspecified atom stereocenters. The fourth-order valence-electron chi connectivity index (χ4n) is 5.66. The zero-order chi connectivity index (χ0) is 34.1. The second-order valence-corrected chi connectivity index (χ2v) is 14.3. The van der Waals surface area contributed by atoms with E-state index in [4.69, 9.17) is 14.2 Å². The van der Waals surface area contributed by atoms with Crippen LogP contribution < -0.4 is 0 Å². The molecule has 6 heteroatoms. The van der Waals surface area contributed by atoms with E-state index in [0.717, 1.165) is 76.0 Å². The summed E-state index contributed by atoms with van der Waals surface area (Å²) < 4.78 is 16.5. The van der Waals surface area contributed by atoms with E-state index in [0.29, 0.717) is 19.3 Å². The van der Waals surface area contributed by atoms with E-state index < -0.39 is 6.10 Å². The van der Waals surface area contributed by atoms with Gasteiger partial charge in [0.25, 0.3) is 0 Å². The van der Waals surface area contributed by atoms with Crippen LogP contribution in [0.15, 0.2) is 0 Å². The smallest absolute Gasteiger partial charge is 0.306 e. The summed E-state index contributed by atoms with van der Waals surface area (Å²) in [7, 11) is 0. The Morgan fingerprint density at radius 1 is 0.457 bits per heavy atom. The number of hydrogen-bond acceptors (Lipinski definition) is 6. The maximum absolute atomic E-state index is 12.6. The standard InChI is InChI=1S/C40H76O6/c1-6-8-9-18-25-30-38(41)44-33-37(34-45-39(42)31-26-21-17-16-19-23-28-35(3)4)46-40(43)32-27-22-15-13-11-10-12-14-20-24-29-36(5)7-2/h35-37H,6-34H2,1-5H3/t36?,37-/m1/s1. The molecule has 0 aromatic heterocycles. The van der Waals surface area contributed by atoms with Crippen LogP contribution in [0.1, 0.15) is 208 Å². The third kappa shape index (κ3) is 32.4. The van der Waals surface area contributed by atoms with E-state index in [2.05, 4.69) is 34.6 Å². The first-order valence-corrected chi connectivity index (χ1v) is 19.8. The molecular weight excluding hydrogens is 576 g/mol. The van der Waals surface area contributed by atoms with Crippen molar-refractivity contribution in [2.75, 3.05) is 13.2 Å². The molecular formula is C40H76O6. The van der Waals surface area contributed by atoms with Crippen molar-refractivity contribution in [2.24, 2.45) is 11.8 Å². The van der Waals surface area contributed by atoms with Gasteiger partial charge in [-0.2, -0.15) is 0 Å². The first kappa shape index (κ1) is 44.4. The Hall–Kier alpha value is -1.59. The molecule has 0 saturated heterocycles. The van der Waals surface area contributed by atoms with Crippen LogP contribution in [0.2, 0.25) is 0 Å². The molecule has 0 spiro atoms. The molecule has 6 nitrogen and oxygen atoms in total. The number of esters is 3. The number of ether oxygens (including phenoxy) is 3. The Labute approximate surface area is 285 Å². The quantitative estimate of drug-likeness (QED) is 0.0391. The van der Waals surface area contributed by atoms with Gasteiger partial charge in [-0.25, -0.2) is 0 Å². The minimum absolute atomic E-state index is 0.0683. The van der Waals surface area contributed by atoms with Crippen LogP contribution in [0.4, 0.5) is 0 Å². The number of carbonyl (C=O) groups is 3. The Morgan fingerprint density at radius 2 is 0.826 bits per heavy atom. The van der Waals surface area contributed by atoms with Gasteiger partial charge in [-0.05, 0) is 31.1 Å². The van der Waals surface area contributed by atoms with Crippen molar-refractivity contribution < 1.29 is 28.6 Å². The van der Waals surface area contributed by atoms with Crippen molar-refractivity contribution in [2.45, 2.75) is 214 Å². The maximum Gasteiger partial charge on any atom is 0.306 e. The van der Waals surface area contributed by atoms with Gasteiger partial charge in [0, 0.05) is 19.3 Å². The number of carbonyl (C=O) groups excluding carboxylic acids is 3. The molecule has 0 aromatic carbocycles. The fourth-order valence-corrected chi connectivity index (χ4v) is 5.66. The van der Waals surface area contributed by atoms with Gasteiger partial charge in [0.1, 0.15) is 13.2 Å². The van der Waals surface area contributed by atoms with E-state index in [1.54, 1.807) is 0 Å². The summed E-state index contributed by atoms with van der Waals surface area (Å²) in [5.74, 6) is 0.747. The van der Waals surface area contributed by atoms with Gasteiger partial charge in [-0.3, -0.25) is 14.4 Å². The van der Waals surface area contributed by atoms with Crippen LogP contribution in [0, 0.1) is 11.8 Å². The summed E-state index contributed by atoms with van der Waals surface area (Å²) in [6.45, 7) is 11.2. The minimum atomic E-state index is -0.758. The normalized spacial score (nSPS) is 12.7. The molecule has 2 atom stereocenters. The molecule has 0 N–H and O–H groups in total. The van der Waals surface area contributed by atoms with Crippen LogP contribution in [-0.2, 0) is 28.6 Å². The van der Waals surface area contributed by atoms with Crippen LogP contribution >= 0.6 is 0 Å². The van der Waals surface area contributed by atoms with Crippen molar-refractivity contribution in [1.82, 2.24) is 0 Å². The van der Waals surface area contributed by atoms with E-state index in [1.165, 1.54) is 89.9 Å². The summed E-state index contributed by atoms with van der Waals surface area (Å²) in [5.41, 5.74) is 0. The van der Waals surface area contributed by atoms with Crippen molar-refractivity contribution in [3.8, 4) is 0 Å². The number of hydrogen-bond donors (Lipinski definition) is 0. The topological polar surface area (TPSA) is 78.9 Å². The molecule has 0 aliphatic rings. The minimum Gasteiger partial charge on any atom is -0.462 e. The molecule has 0 aromatic rings. The van der Waals surface area contributed by atoms with Gasteiger partial charge < -0.3 is 14.2 Å². The van der Waals surface area contributed by atoms with Crippen molar-refractivity contribution in [1.29, 1.82) is 0 Å². The summed E-state index contributed by atoms with van der Waals surface area (Å²) in [4.78, 5) is 37.2. The summed E-state index contributed by atoms with van der Waals surface area (Å²) >= 11 is 0. The molecule has 0 saturated carbocycles. The zero-order valence-electron chi connectivity index (χ0n) is 31.2. The summed E-state index contributed by atoms with van der Waals surface area (Å²) in [6, 6.07) is 0. The Balaban J connectivity index is 4.26. The third-order valence-corrected chi connectivity index (χ3v) is 9.08. The zero-order valence-corrected chi connectivity index (χ0v) is 31.2. The largest absolute Gasteiger partial charge is 0.462 e. The highest BCUT2D eigenvalue weighted by molar-refractivity contribution is 5.71. The molecule has 0 fully saturated rings. The summed E-state index contributed by atoms with van der Waals surface area (Å²) in [6.07, 6.45) is 28.4. The van der Waals surface area contributed by atoms with Gasteiger partial charge in [-0.15, -0.1) is 0 Å². The lowest BCUT2D eigenvalue weighted by Crippen LogP contribution is -2.30. The average molecular weight is 653 g/mol. The van der Waals surface area contributed by atoms with Crippen molar-refractivity contribution in [3.63, 3.8) is 0 Å². The van der Waals surface area contributed by atoms with Gasteiger partial charge >= 0.3 is 17.9 Å². The molecule has 272 valence electrons. The predicted molar refractivity (Wildman–Crippen MR) is 192 cm³/mol. The highest BCUT2D eigenvalue weighted by atomic mass is 16.6. The second kappa shape index (κ2) is 33.3.